The van der Waals surface area contributed by atoms with Gasteiger partial charge in [-0.3, -0.25) is 0 Å². The summed E-state index contributed by atoms with van der Waals surface area (Å²) in [5.41, 5.74) is 9.11. The maximum Gasteiger partial charge on any atom is 0.335 e. The number of ether oxygens (including phenoxy) is 1. The van der Waals surface area contributed by atoms with Gasteiger partial charge in [0, 0.05) is 4.91 Å². The van der Waals surface area contributed by atoms with Crippen LogP contribution in [0.25, 0.3) is 10.4 Å². The average molecular weight is 263 g/mol. The van der Waals surface area contributed by atoms with E-state index in [1.165, 1.54) is 0 Å². The maximum absolute atomic E-state index is 11.7. The Kier molecular flexibility index (Phi) is 6.43. The molecular formula is C13H17N3O3. The standard InChI is InChI=1S/C13H17N3O3/c1-2-3-9-19-13(18)12(17)11(15-16-14)10-7-5-4-6-8-10/h4-8,11-12,17H,2-3,9H2,1H3. The number of azide groups is 1. The molecule has 0 amide bonds. The van der Waals surface area contributed by atoms with E-state index in [1.54, 1.807) is 30.3 Å². The number of hydrogen-bond donors (Lipinski definition) is 1. The van der Waals surface area contributed by atoms with E-state index >= 15 is 0 Å². The minimum absolute atomic E-state index is 0.254. The molecule has 0 spiro atoms. The molecule has 102 valence electrons. The number of hydrogen-bond acceptors (Lipinski definition) is 4. The van der Waals surface area contributed by atoms with Crippen molar-refractivity contribution in [3.63, 3.8) is 0 Å². The SMILES string of the molecule is CCCCOC(=O)C(O)C(N=[N+]=[N-])c1ccccc1. The summed E-state index contributed by atoms with van der Waals surface area (Å²) in [6.45, 7) is 2.22. The molecule has 2 atom stereocenters. The van der Waals surface area contributed by atoms with Crippen LogP contribution in [0.2, 0.25) is 0 Å². The van der Waals surface area contributed by atoms with E-state index in [9.17, 15) is 9.90 Å². The first-order valence-corrected chi connectivity index (χ1v) is 6.14. The zero-order chi connectivity index (χ0) is 14.1. The van der Waals surface area contributed by atoms with Gasteiger partial charge in [0.1, 0.15) is 0 Å². The zero-order valence-electron chi connectivity index (χ0n) is 10.8. The highest BCUT2D eigenvalue weighted by Crippen LogP contribution is 2.22. The van der Waals surface area contributed by atoms with Crippen molar-refractivity contribution in [3.05, 3.63) is 46.3 Å². The highest BCUT2D eigenvalue weighted by Gasteiger charge is 2.27. The third-order valence-electron chi connectivity index (χ3n) is 2.60. The second-order valence-electron chi connectivity index (χ2n) is 4.03. The van der Waals surface area contributed by atoms with Crippen LogP contribution in [0.4, 0.5) is 0 Å². The quantitative estimate of drug-likeness (QED) is 0.269. The molecule has 6 heteroatoms. The van der Waals surface area contributed by atoms with E-state index in [-0.39, 0.29) is 6.61 Å². The Bertz CT molecular complexity index is 444. The van der Waals surface area contributed by atoms with Gasteiger partial charge in [0.2, 0.25) is 0 Å². The fourth-order valence-electron chi connectivity index (χ4n) is 1.55. The van der Waals surface area contributed by atoms with Gasteiger partial charge in [-0.1, -0.05) is 48.8 Å². The minimum Gasteiger partial charge on any atom is -0.464 e. The molecule has 1 aromatic carbocycles. The number of rotatable bonds is 7. The first-order chi connectivity index (χ1) is 9.20. The molecule has 0 saturated heterocycles. The zero-order valence-corrected chi connectivity index (χ0v) is 10.8. The Morgan fingerprint density at radius 3 is 2.74 bits per heavy atom. The average Bonchev–Trinajstić information content (AvgIpc) is 2.45. The van der Waals surface area contributed by atoms with E-state index in [0.29, 0.717) is 5.56 Å². The first-order valence-electron chi connectivity index (χ1n) is 6.14. The van der Waals surface area contributed by atoms with Gasteiger partial charge in [-0.05, 0) is 17.5 Å². The Morgan fingerprint density at radius 2 is 2.16 bits per heavy atom. The normalized spacial score (nSPS) is 13.2. The second kappa shape index (κ2) is 8.13. The highest BCUT2D eigenvalue weighted by atomic mass is 16.5. The molecule has 1 N–H and O–H groups in total. The van der Waals surface area contributed by atoms with E-state index in [0.717, 1.165) is 12.8 Å². The summed E-state index contributed by atoms with van der Waals surface area (Å²) in [7, 11) is 0. The molecular weight excluding hydrogens is 246 g/mol. The monoisotopic (exact) mass is 263 g/mol. The fourth-order valence-corrected chi connectivity index (χ4v) is 1.55. The van der Waals surface area contributed by atoms with Crippen LogP contribution in [0.15, 0.2) is 35.4 Å². The molecule has 0 aromatic heterocycles. The molecule has 2 unspecified atom stereocenters. The Morgan fingerprint density at radius 1 is 1.47 bits per heavy atom. The molecule has 6 nitrogen and oxygen atoms in total. The van der Waals surface area contributed by atoms with Gasteiger partial charge in [-0.15, -0.1) is 0 Å². The van der Waals surface area contributed by atoms with Crippen molar-refractivity contribution in [1.82, 2.24) is 0 Å². The van der Waals surface area contributed by atoms with Gasteiger partial charge in [0.05, 0.1) is 12.6 Å². The molecule has 1 rings (SSSR count). The lowest BCUT2D eigenvalue weighted by atomic mass is 10.0. The summed E-state index contributed by atoms with van der Waals surface area (Å²) in [6, 6.07) is 7.67. The summed E-state index contributed by atoms with van der Waals surface area (Å²) >= 11 is 0. The van der Waals surface area contributed by atoms with Crippen molar-refractivity contribution in [2.24, 2.45) is 5.11 Å². The number of esters is 1. The molecule has 0 radical (unpaired) electrons. The lowest BCUT2D eigenvalue weighted by Crippen LogP contribution is -2.29. The Balaban J connectivity index is 2.76. The van der Waals surface area contributed by atoms with Gasteiger partial charge in [0.25, 0.3) is 0 Å². The number of nitrogens with zero attached hydrogens (tertiary/aromatic N) is 3. The summed E-state index contributed by atoms with van der Waals surface area (Å²) in [5, 5.41) is 13.4. The Hall–Kier alpha value is -2.04. The van der Waals surface area contributed by atoms with Crippen molar-refractivity contribution >= 4 is 5.97 Å². The number of aliphatic hydroxyl groups is 1. The predicted molar refractivity (Wildman–Crippen MR) is 70.2 cm³/mol. The number of carbonyl (C=O) groups excluding carboxylic acids is 1. The van der Waals surface area contributed by atoms with Crippen LogP contribution in [0.3, 0.4) is 0 Å². The first kappa shape index (κ1) is 15.0. The molecule has 0 heterocycles. The van der Waals surface area contributed by atoms with Crippen LogP contribution in [-0.4, -0.2) is 23.8 Å². The smallest absolute Gasteiger partial charge is 0.335 e. The van der Waals surface area contributed by atoms with E-state index in [2.05, 4.69) is 10.0 Å². The van der Waals surface area contributed by atoms with Crippen molar-refractivity contribution < 1.29 is 14.6 Å². The molecule has 0 aliphatic heterocycles. The van der Waals surface area contributed by atoms with Crippen molar-refractivity contribution in [3.8, 4) is 0 Å². The number of benzene rings is 1. The van der Waals surface area contributed by atoms with Crippen molar-refractivity contribution in [1.29, 1.82) is 0 Å². The lowest BCUT2D eigenvalue weighted by Gasteiger charge is -2.17. The van der Waals surface area contributed by atoms with E-state index < -0.39 is 18.1 Å². The van der Waals surface area contributed by atoms with Gasteiger partial charge in [0.15, 0.2) is 6.10 Å². The van der Waals surface area contributed by atoms with Gasteiger partial charge in [-0.25, -0.2) is 4.79 Å². The second-order valence-corrected chi connectivity index (χ2v) is 4.03. The van der Waals surface area contributed by atoms with Crippen LogP contribution < -0.4 is 0 Å². The van der Waals surface area contributed by atoms with Gasteiger partial charge < -0.3 is 9.84 Å². The third kappa shape index (κ3) is 4.62. The molecule has 0 aliphatic rings. The predicted octanol–water partition coefficient (Wildman–Crippen LogP) is 2.74. The molecule has 19 heavy (non-hydrogen) atoms. The number of aliphatic hydroxyl groups excluding tert-OH is 1. The summed E-state index contributed by atoms with van der Waals surface area (Å²) in [5.74, 6) is -0.769. The van der Waals surface area contributed by atoms with Gasteiger partial charge in [-0.2, -0.15) is 0 Å². The molecule has 1 aromatic rings. The van der Waals surface area contributed by atoms with Crippen molar-refractivity contribution in [2.75, 3.05) is 6.61 Å². The summed E-state index contributed by atoms with van der Waals surface area (Å²) in [4.78, 5) is 14.3. The molecule has 0 saturated carbocycles. The highest BCUT2D eigenvalue weighted by molar-refractivity contribution is 5.75. The Labute approximate surface area is 111 Å². The topological polar surface area (TPSA) is 95.3 Å². The third-order valence-corrected chi connectivity index (χ3v) is 2.60. The van der Waals surface area contributed by atoms with Crippen LogP contribution in [0.5, 0.6) is 0 Å². The fraction of sp³-hybridized carbons (Fsp3) is 0.462. The number of carbonyl (C=O) groups is 1. The van der Waals surface area contributed by atoms with Crippen LogP contribution in [0.1, 0.15) is 31.4 Å². The van der Waals surface area contributed by atoms with E-state index in [1.807, 2.05) is 6.92 Å². The lowest BCUT2D eigenvalue weighted by molar-refractivity contribution is -0.154. The maximum atomic E-state index is 11.7. The number of unbranched alkanes of at least 4 members (excludes halogenated alkanes) is 1. The van der Waals surface area contributed by atoms with Crippen LogP contribution in [-0.2, 0) is 9.53 Å². The molecule has 0 bridgehead atoms. The largest absolute Gasteiger partial charge is 0.464 e. The van der Waals surface area contributed by atoms with Crippen molar-refractivity contribution in [2.45, 2.75) is 31.9 Å². The van der Waals surface area contributed by atoms with E-state index in [4.69, 9.17) is 10.3 Å². The summed E-state index contributed by atoms with van der Waals surface area (Å²) in [6.07, 6.45) is 0.132. The van der Waals surface area contributed by atoms with Gasteiger partial charge >= 0.3 is 5.97 Å². The molecule has 0 aliphatic carbocycles. The van der Waals surface area contributed by atoms with Crippen LogP contribution >= 0.6 is 0 Å². The van der Waals surface area contributed by atoms with Crippen LogP contribution in [0, 0.1) is 0 Å². The molecule has 0 fully saturated rings. The summed E-state index contributed by atoms with van der Waals surface area (Å²) < 4.78 is 4.92. The minimum atomic E-state index is -1.49.